The maximum absolute atomic E-state index is 9.86. The van der Waals surface area contributed by atoms with Crippen LogP contribution in [-0.2, 0) is 0 Å². The van der Waals surface area contributed by atoms with Gasteiger partial charge in [-0.05, 0) is 30.3 Å². The zero-order valence-corrected chi connectivity index (χ0v) is 14.1. The average molecular weight is 355 g/mol. The number of ether oxygens (including phenoxy) is 1. The summed E-state index contributed by atoms with van der Waals surface area (Å²) in [5.41, 5.74) is 0.839. The Bertz CT molecular complexity index is 596. The summed E-state index contributed by atoms with van der Waals surface area (Å²) in [7, 11) is 0. The van der Waals surface area contributed by atoms with E-state index in [1.54, 1.807) is 12.1 Å². The van der Waals surface area contributed by atoms with Crippen LogP contribution in [0.3, 0.4) is 0 Å². The number of aliphatic hydroxyl groups is 1. The summed E-state index contributed by atoms with van der Waals surface area (Å²) in [6, 6.07) is 14.8. The molecule has 6 heteroatoms. The van der Waals surface area contributed by atoms with Crippen LogP contribution in [0.15, 0.2) is 48.5 Å². The van der Waals surface area contributed by atoms with Crippen LogP contribution in [0.1, 0.15) is 0 Å². The van der Waals surface area contributed by atoms with E-state index in [1.807, 2.05) is 36.4 Å². The van der Waals surface area contributed by atoms with E-state index in [2.05, 4.69) is 10.6 Å². The predicted molar refractivity (Wildman–Crippen MR) is 95.8 cm³/mol. The number of hydrogen-bond acceptors (Lipinski definition) is 4. The van der Waals surface area contributed by atoms with Gasteiger partial charge in [-0.15, -0.1) is 0 Å². The highest BCUT2D eigenvalue weighted by molar-refractivity contribution is 6.36. The zero-order valence-electron chi connectivity index (χ0n) is 12.6. The standard InChI is InChI=1S/C17H20Cl2N2O2/c18-13-6-7-17(16(19)10-13)21-9-8-20-11-14(22)12-23-15-4-2-1-3-5-15/h1-7,10,14,20-22H,8-9,11-12H2. The van der Waals surface area contributed by atoms with Crippen molar-refractivity contribution >= 4 is 28.9 Å². The molecule has 2 aromatic rings. The molecule has 4 nitrogen and oxygen atoms in total. The van der Waals surface area contributed by atoms with Crippen LogP contribution in [0.4, 0.5) is 5.69 Å². The SMILES string of the molecule is OC(CNCCNc1ccc(Cl)cc1Cl)COc1ccccc1. The molecule has 124 valence electrons. The zero-order chi connectivity index (χ0) is 16.5. The third kappa shape index (κ3) is 6.67. The molecule has 2 aromatic carbocycles. The number of anilines is 1. The molecule has 0 saturated heterocycles. The lowest BCUT2D eigenvalue weighted by atomic mass is 10.3. The van der Waals surface area contributed by atoms with E-state index < -0.39 is 6.10 Å². The molecule has 0 radical (unpaired) electrons. The van der Waals surface area contributed by atoms with Gasteiger partial charge in [-0.1, -0.05) is 41.4 Å². The van der Waals surface area contributed by atoms with Gasteiger partial charge < -0.3 is 20.5 Å². The monoisotopic (exact) mass is 354 g/mol. The lowest BCUT2D eigenvalue weighted by Crippen LogP contribution is -2.34. The van der Waals surface area contributed by atoms with Gasteiger partial charge in [0.15, 0.2) is 0 Å². The fourth-order valence-electron chi connectivity index (χ4n) is 1.96. The van der Waals surface area contributed by atoms with Crippen LogP contribution in [0.25, 0.3) is 0 Å². The van der Waals surface area contributed by atoms with E-state index in [4.69, 9.17) is 27.9 Å². The number of rotatable bonds is 9. The number of para-hydroxylation sites is 1. The van der Waals surface area contributed by atoms with Gasteiger partial charge in [0.2, 0.25) is 0 Å². The Hall–Kier alpha value is -1.46. The summed E-state index contributed by atoms with van der Waals surface area (Å²) in [6.45, 7) is 2.10. The molecule has 0 bridgehead atoms. The van der Waals surface area contributed by atoms with E-state index in [0.29, 0.717) is 29.7 Å². The molecule has 1 atom stereocenters. The smallest absolute Gasteiger partial charge is 0.119 e. The minimum Gasteiger partial charge on any atom is -0.491 e. The molecule has 0 heterocycles. The second kappa shape index (κ2) is 9.63. The third-order valence-electron chi connectivity index (χ3n) is 3.11. The van der Waals surface area contributed by atoms with Gasteiger partial charge in [-0.2, -0.15) is 0 Å². The van der Waals surface area contributed by atoms with Crippen molar-refractivity contribution in [2.24, 2.45) is 0 Å². The molecule has 2 rings (SSSR count). The number of nitrogens with one attached hydrogen (secondary N) is 2. The third-order valence-corrected chi connectivity index (χ3v) is 3.66. The Balaban J connectivity index is 1.58. The van der Waals surface area contributed by atoms with E-state index in [-0.39, 0.29) is 6.61 Å². The van der Waals surface area contributed by atoms with Crippen molar-refractivity contribution in [1.82, 2.24) is 5.32 Å². The predicted octanol–water partition coefficient (Wildman–Crippen LogP) is 3.43. The molecule has 0 aliphatic rings. The molecule has 0 spiro atoms. The maximum Gasteiger partial charge on any atom is 0.119 e. The Morgan fingerprint density at radius 2 is 1.83 bits per heavy atom. The molecular formula is C17H20Cl2N2O2. The van der Waals surface area contributed by atoms with Gasteiger partial charge >= 0.3 is 0 Å². The summed E-state index contributed by atoms with van der Waals surface area (Å²) in [5.74, 6) is 0.755. The van der Waals surface area contributed by atoms with E-state index in [1.165, 1.54) is 0 Å². The fraction of sp³-hybridized carbons (Fsp3) is 0.294. The van der Waals surface area contributed by atoms with Crippen molar-refractivity contribution in [3.63, 3.8) is 0 Å². The highest BCUT2D eigenvalue weighted by atomic mass is 35.5. The first-order chi connectivity index (χ1) is 11.1. The number of hydrogen-bond donors (Lipinski definition) is 3. The van der Waals surface area contributed by atoms with Crippen molar-refractivity contribution < 1.29 is 9.84 Å². The fourth-order valence-corrected chi connectivity index (χ4v) is 2.43. The lowest BCUT2D eigenvalue weighted by molar-refractivity contribution is 0.107. The molecule has 23 heavy (non-hydrogen) atoms. The largest absolute Gasteiger partial charge is 0.491 e. The molecule has 0 aliphatic heterocycles. The normalized spacial score (nSPS) is 12.0. The minimum absolute atomic E-state index is 0.257. The molecule has 0 saturated carbocycles. The molecular weight excluding hydrogens is 335 g/mol. The highest BCUT2D eigenvalue weighted by Crippen LogP contribution is 2.24. The van der Waals surface area contributed by atoms with Crippen molar-refractivity contribution in [3.8, 4) is 5.75 Å². The highest BCUT2D eigenvalue weighted by Gasteiger charge is 2.05. The Morgan fingerprint density at radius 3 is 2.57 bits per heavy atom. The topological polar surface area (TPSA) is 53.5 Å². The molecule has 3 N–H and O–H groups in total. The molecule has 0 fully saturated rings. The summed E-state index contributed by atoms with van der Waals surface area (Å²) >= 11 is 11.9. The molecule has 1 unspecified atom stereocenters. The first-order valence-electron chi connectivity index (χ1n) is 7.40. The van der Waals surface area contributed by atoms with E-state index in [0.717, 1.165) is 11.4 Å². The van der Waals surface area contributed by atoms with Gasteiger partial charge in [-0.3, -0.25) is 0 Å². The van der Waals surface area contributed by atoms with E-state index in [9.17, 15) is 5.11 Å². The molecule has 0 amide bonds. The Morgan fingerprint density at radius 1 is 1.04 bits per heavy atom. The van der Waals surface area contributed by atoms with Crippen molar-refractivity contribution in [2.45, 2.75) is 6.10 Å². The first-order valence-corrected chi connectivity index (χ1v) is 8.16. The van der Waals surface area contributed by atoms with Gasteiger partial charge in [0.1, 0.15) is 18.5 Å². The van der Waals surface area contributed by atoms with Crippen LogP contribution in [0.2, 0.25) is 10.0 Å². The van der Waals surface area contributed by atoms with Gasteiger partial charge in [0, 0.05) is 24.7 Å². The van der Waals surface area contributed by atoms with Crippen LogP contribution in [-0.4, -0.2) is 37.5 Å². The Labute approximate surface area is 146 Å². The van der Waals surface area contributed by atoms with Crippen molar-refractivity contribution in [2.75, 3.05) is 31.6 Å². The molecule has 0 aromatic heterocycles. The summed E-state index contributed by atoms with van der Waals surface area (Å²) < 4.78 is 5.49. The first kappa shape index (κ1) is 17.9. The summed E-state index contributed by atoms with van der Waals surface area (Å²) in [5, 5.41) is 17.4. The second-order valence-corrected chi connectivity index (χ2v) is 5.88. The van der Waals surface area contributed by atoms with Crippen LogP contribution in [0.5, 0.6) is 5.75 Å². The van der Waals surface area contributed by atoms with Crippen molar-refractivity contribution in [3.05, 3.63) is 58.6 Å². The van der Waals surface area contributed by atoms with Gasteiger partial charge in [0.25, 0.3) is 0 Å². The van der Waals surface area contributed by atoms with Crippen molar-refractivity contribution in [1.29, 1.82) is 0 Å². The maximum atomic E-state index is 9.86. The van der Waals surface area contributed by atoms with Crippen LogP contribution >= 0.6 is 23.2 Å². The summed E-state index contributed by atoms with van der Waals surface area (Å²) in [6.07, 6.45) is -0.561. The second-order valence-electron chi connectivity index (χ2n) is 5.03. The number of halogens is 2. The number of aliphatic hydroxyl groups excluding tert-OH is 1. The van der Waals surface area contributed by atoms with Crippen LogP contribution < -0.4 is 15.4 Å². The lowest BCUT2D eigenvalue weighted by Gasteiger charge is -2.14. The molecule has 0 aliphatic carbocycles. The number of benzene rings is 2. The van der Waals surface area contributed by atoms with E-state index >= 15 is 0 Å². The van der Waals surface area contributed by atoms with Gasteiger partial charge in [0.05, 0.1) is 10.7 Å². The quantitative estimate of drug-likeness (QED) is 0.604. The van der Waals surface area contributed by atoms with Crippen LogP contribution in [0, 0.1) is 0 Å². The Kier molecular flexibility index (Phi) is 7.49. The summed E-state index contributed by atoms with van der Waals surface area (Å²) in [4.78, 5) is 0. The minimum atomic E-state index is -0.561. The van der Waals surface area contributed by atoms with Gasteiger partial charge in [-0.25, -0.2) is 0 Å². The average Bonchev–Trinajstić information content (AvgIpc) is 2.55.